The van der Waals surface area contributed by atoms with E-state index < -0.39 is 16.4 Å². The van der Waals surface area contributed by atoms with Crippen molar-refractivity contribution < 1.29 is 14.1 Å². The van der Waals surface area contributed by atoms with Gasteiger partial charge in [0.2, 0.25) is 5.91 Å². The monoisotopic (exact) mass is 260 g/mol. The summed E-state index contributed by atoms with van der Waals surface area (Å²) in [6.07, 6.45) is 0.639. The van der Waals surface area contributed by atoms with Gasteiger partial charge in [0, 0.05) is 12.3 Å². The minimum Gasteiger partial charge on any atom is -0.320 e. The van der Waals surface area contributed by atoms with Crippen molar-refractivity contribution >= 4 is 28.9 Å². The lowest BCUT2D eigenvalue weighted by molar-refractivity contribution is -0.384. The molecule has 1 aromatic carbocycles. The molecule has 0 aromatic heterocycles. The van der Waals surface area contributed by atoms with E-state index in [-0.39, 0.29) is 18.0 Å². The Kier molecular flexibility index (Phi) is 4.84. The third-order valence-electron chi connectivity index (χ3n) is 1.97. The van der Waals surface area contributed by atoms with Crippen molar-refractivity contribution in [3.05, 3.63) is 34.1 Å². The molecule has 0 saturated heterocycles. The van der Waals surface area contributed by atoms with Gasteiger partial charge in [0.25, 0.3) is 5.69 Å². The van der Waals surface area contributed by atoms with Crippen LogP contribution in [0.1, 0.15) is 12.8 Å². The van der Waals surface area contributed by atoms with Gasteiger partial charge in [-0.2, -0.15) is 0 Å². The molecule has 0 saturated carbocycles. The number of carbonyl (C=O) groups is 1. The first-order valence-electron chi connectivity index (χ1n) is 4.84. The number of amides is 1. The average molecular weight is 261 g/mol. The van der Waals surface area contributed by atoms with Crippen LogP contribution in [0.25, 0.3) is 0 Å². The van der Waals surface area contributed by atoms with Gasteiger partial charge in [-0.05, 0) is 18.6 Å². The Labute approximate surface area is 102 Å². The maximum atomic E-state index is 12.8. The van der Waals surface area contributed by atoms with E-state index in [2.05, 4.69) is 5.32 Å². The van der Waals surface area contributed by atoms with Crippen LogP contribution in [0, 0.1) is 15.9 Å². The fourth-order valence-corrected chi connectivity index (χ4v) is 1.34. The standard InChI is InChI=1S/C10H10ClFN2O3/c11-5-1-2-10(15)13-8-4-3-7(12)6-9(8)14(16)17/h3-4,6H,1-2,5H2,(H,13,15). The molecule has 5 nitrogen and oxygen atoms in total. The Hall–Kier alpha value is -1.69. The summed E-state index contributed by atoms with van der Waals surface area (Å²) in [5.74, 6) is -0.783. The van der Waals surface area contributed by atoms with E-state index in [9.17, 15) is 19.3 Å². The molecule has 1 amide bonds. The normalized spacial score (nSPS) is 10.0. The summed E-state index contributed by atoms with van der Waals surface area (Å²) in [6.45, 7) is 0. The van der Waals surface area contributed by atoms with Gasteiger partial charge < -0.3 is 5.32 Å². The molecule has 0 radical (unpaired) electrons. The second-order valence-corrected chi connectivity index (χ2v) is 3.64. The number of rotatable bonds is 5. The topological polar surface area (TPSA) is 72.2 Å². The Bertz CT molecular complexity index is 440. The number of nitro groups is 1. The lowest BCUT2D eigenvalue weighted by atomic mass is 10.2. The Morgan fingerprint density at radius 3 is 2.82 bits per heavy atom. The van der Waals surface area contributed by atoms with E-state index in [1.807, 2.05) is 0 Å². The highest BCUT2D eigenvalue weighted by Crippen LogP contribution is 2.25. The summed E-state index contributed by atoms with van der Waals surface area (Å²) in [6, 6.07) is 2.97. The van der Waals surface area contributed by atoms with E-state index in [0.717, 1.165) is 18.2 Å². The number of hydrogen-bond acceptors (Lipinski definition) is 3. The number of nitrogens with one attached hydrogen (secondary N) is 1. The molecule has 0 aliphatic rings. The molecule has 0 aliphatic carbocycles. The van der Waals surface area contributed by atoms with Gasteiger partial charge in [0.1, 0.15) is 11.5 Å². The highest BCUT2D eigenvalue weighted by Gasteiger charge is 2.16. The summed E-state index contributed by atoms with van der Waals surface area (Å²) in [7, 11) is 0. The van der Waals surface area contributed by atoms with Gasteiger partial charge in [-0.3, -0.25) is 14.9 Å². The molecule has 0 atom stereocenters. The maximum Gasteiger partial charge on any atom is 0.295 e. The van der Waals surface area contributed by atoms with Gasteiger partial charge in [-0.1, -0.05) is 0 Å². The molecule has 7 heteroatoms. The molecule has 0 bridgehead atoms. The van der Waals surface area contributed by atoms with Gasteiger partial charge in [-0.15, -0.1) is 11.6 Å². The zero-order valence-corrected chi connectivity index (χ0v) is 9.54. The summed E-state index contributed by atoms with van der Waals surface area (Å²) in [4.78, 5) is 21.2. The summed E-state index contributed by atoms with van der Waals surface area (Å²) >= 11 is 5.41. The second kappa shape index (κ2) is 6.15. The van der Waals surface area contributed by atoms with Crippen molar-refractivity contribution in [3.63, 3.8) is 0 Å². The first-order chi connectivity index (χ1) is 8.04. The Balaban J connectivity index is 2.83. The fraction of sp³-hybridized carbons (Fsp3) is 0.300. The van der Waals surface area contributed by atoms with Gasteiger partial charge in [0.15, 0.2) is 0 Å². The number of nitrogens with zero attached hydrogens (tertiary/aromatic N) is 1. The molecule has 1 N–H and O–H groups in total. The van der Waals surface area contributed by atoms with Crippen LogP contribution < -0.4 is 5.32 Å². The highest BCUT2D eigenvalue weighted by atomic mass is 35.5. The number of carbonyl (C=O) groups excluding carboxylic acids is 1. The molecule has 17 heavy (non-hydrogen) atoms. The van der Waals surface area contributed by atoms with Gasteiger partial charge >= 0.3 is 0 Å². The zero-order chi connectivity index (χ0) is 12.8. The number of halogens is 2. The van der Waals surface area contributed by atoms with Crippen molar-refractivity contribution in [1.29, 1.82) is 0 Å². The third-order valence-corrected chi connectivity index (χ3v) is 2.24. The first-order valence-corrected chi connectivity index (χ1v) is 5.38. The number of nitro benzene ring substituents is 1. The van der Waals surface area contributed by atoms with Crippen LogP contribution in [0.5, 0.6) is 0 Å². The SMILES string of the molecule is O=C(CCCCl)Nc1ccc(F)cc1[N+](=O)[O-]. The summed E-state index contributed by atoms with van der Waals surface area (Å²) in [5, 5.41) is 13.0. The van der Waals surface area contributed by atoms with Crippen LogP contribution >= 0.6 is 11.6 Å². The molecule has 1 aromatic rings. The molecular formula is C10H10ClFN2O3. The van der Waals surface area contributed by atoms with E-state index in [0.29, 0.717) is 12.3 Å². The van der Waals surface area contributed by atoms with Crippen molar-refractivity contribution in [3.8, 4) is 0 Å². The molecule has 0 aliphatic heterocycles. The van der Waals surface area contributed by atoms with Gasteiger partial charge in [0.05, 0.1) is 11.0 Å². The first kappa shape index (κ1) is 13.4. The van der Waals surface area contributed by atoms with Crippen molar-refractivity contribution in [2.24, 2.45) is 0 Å². The number of benzene rings is 1. The van der Waals surface area contributed by atoms with Crippen LogP contribution in [-0.2, 0) is 4.79 Å². The predicted octanol–water partition coefficient (Wildman–Crippen LogP) is 2.69. The smallest absolute Gasteiger partial charge is 0.295 e. The van der Waals surface area contributed by atoms with Crippen molar-refractivity contribution in [1.82, 2.24) is 0 Å². The molecule has 0 spiro atoms. The van der Waals surface area contributed by atoms with E-state index in [1.54, 1.807) is 0 Å². The van der Waals surface area contributed by atoms with E-state index in [4.69, 9.17) is 11.6 Å². The van der Waals surface area contributed by atoms with Crippen LogP contribution in [0.4, 0.5) is 15.8 Å². The van der Waals surface area contributed by atoms with Crippen molar-refractivity contribution in [2.75, 3.05) is 11.2 Å². The van der Waals surface area contributed by atoms with Gasteiger partial charge in [-0.25, -0.2) is 4.39 Å². The quantitative estimate of drug-likeness (QED) is 0.503. The van der Waals surface area contributed by atoms with Crippen LogP contribution in [0.2, 0.25) is 0 Å². The lowest BCUT2D eigenvalue weighted by Crippen LogP contribution is -2.12. The average Bonchev–Trinajstić information content (AvgIpc) is 2.28. The Morgan fingerprint density at radius 1 is 1.53 bits per heavy atom. The minimum absolute atomic E-state index is 0.0176. The molecular weight excluding hydrogens is 251 g/mol. The zero-order valence-electron chi connectivity index (χ0n) is 8.78. The lowest BCUT2D eigenvalue weighted by Gasteiger charge is -2.05. The van der Waals surface area contributed by atoms with Crippen molar-refractivity contribution in [2.45, 2.75) is 12.8 Å². The second-order valence-electron chi connectivity index (χ2n) is 3.26. The minimum atomic E-state index is -0.750. The fourth-order valence-electron chi connectivity index (χ4n) is 1.20. The van der Waals surface area contributed by atoms with Crippen LogP contribution in [0.3, 0.4) is 0 Å². The summed E-state index contributed by atoms with van der Waals surface area (Å²) < 4.78 is 12.8. The van der Waals surface area contributed by atoms with E-state index in [1.165, 1.54) is 0 Å². The molecule has 0 fully saturated rings. The largest absolute Gasteiger partial charge is 0.320 e. The summed E-state index contributed by atoms with van der Waals surface area (Å²) in [5.41, 5.74) is -0.486. The Morgan fingerprint density at radius 2 is 2.24 bits per heavy atom. The number of alkyl halides is 1. The maximum absolute atomic E-state index is 12.8. The van der Waals surface area contributed by atoms with Crippen LogP contribution in [0.15, 0.2) is 18.2 Å². The molecule has 92 valence electrons. The third kappa shape index (κ3) is 3.99. The number of anilines is 1. The number of hydrogen-bond donors (Lipinski definition) is 1. The molecule has 1 rings (SSSR count). The molecule has 0 unspecified atom stereocenters. The predicted molar refractivity (Wildman–Crippen MR) is 61.6 cm³/mol. The van der Waals surface area contributed by atoms with E-state index >= 15 is 0 Å². The van der Waals surface area contributed by atoms with Crippen LogP contribution in [-0.4, -0.2) is 16.7 Å². The molecule has 0 heterocycles. The highest BCUT2D eigenvalue weighted by molar-refractivity contribution is 6.18.